The molecule has 1 amide bonds. The minimum absolute atomic E-state index is 0.0186. The number of amidine groups is 1. The Bertz CT molecular complexity index is 1110. The van der Waals surface area contributed by atoms with E-state index in [4.69, 9.17) is 11.1 Å². The van der Waals surface area contributed by atoms with Gasteiger partial charge in [-0.25, -0.2) is 18.1 Å². The summed E-state index contributed by atoms with van der Waals surface area (Å²) in [5.74, 6) is -0.563. The number of nitrogens with two attached hydrogens (primary N) is 1. The van der Waals surface area contributed by atoms with Crippen molar-refractivity contribution >= 4 is 27.6 Å². The molecule has 166 valence electrons. The summed E-state index contributed by atoms with van der Waals surface area (Å²) in [5.41, 5.74) is 7.89. The quantitative estimate of drug-likeness (QED) is 0.349. The first-order chi connectivity index (χ1) is 14.6. The van der Waals surface area contributed by atoms with E-state index in [1.807, 2.05) is 6.92 Å². The van der Waals surface area contributed by atoms with Crippen molar-refractivity contribution in [3.8, 4) is 11.1 Å². The largest absolute Gasteiger partial charge is 0.393 e. The third-order valence-corrected chi connectivity index (χ3v) is 6.83. The molecule has 1 fully saturated rings. The molecule has 0 radical (unpaired) electrons. The molecule has 3 rings (SSSR count). The number of aryl methyl sites for hydroxylation is 1. The summed E-state index contributed by atoms with van der Waals surface area (Å²) in [6.45, 7) is 3.27. The second-order valence-electron chi connectivity index (χ2n) is 7.84. The molecule has 9 nitrogen and oxygen atoms in total. The van der Waals surface area contributed by atoms with Crippen molar-refractivity contribution in [2.75, 3.05) is 5.73 Å². The third kappa shape index (κ3) is 5.46. The first kappa shape index (κ1) is 22.9. The van der Waals surface area contributed by atoms with Crippen LogP contribution in [0.4, 0.5) is 5.82 Å². The molecule has 0 atom stereocenters. The molecule has 0 spiro atoms. The van der Waals surface area contributed by atoms with Crippen molar-refractivity contribution in [2.24, 2.45) is 0 Å². The average Bonchev–Trinajstić information content (AvgIpc) is 2.69. The summed E-state index contributed by atoms with van der Waals surface area (Å²) in [5, 5.41) is 19.4. The molecule has 1 saturated carbocycles. The van der Waals surface area contributed by atoms with Gasteiger partial charge in [-0.15, -0.1) is 0 Å². The Morgan fingerprint density at radius 2 is 1.90 bits per heavy atom. The Morgan fingerprint density at radius 1 is 1.23 bits per heavy atom. The summed E-state index contributed by atoms with van der Waals surface area (Å²) in [7, 11) is -3.76. The molecule has 1 heterocycles. The second-order valence-corrected chi connectivity index (χ2v) is 9.55. The zero-order valence-electron chi connectivity index (χ0n) is 17.5. The number of benzene rings is 1. The number of pyridine rings is 1. The van der Waals surface area contributed by atoms with Crippen molar-refractivity contribution in [1.29, 1.82) is 5.41 Å². The standard InChI is InChI=1S/C21H27N5O4S/c1-12-3-8-17(31(29,30)26-15-4-6-16(27)7-5-15)10-18(12)14-9-19(20(23)24-11-14)21(28)25-13(2)22/h3,8-11,15-16,26-27H,4-7H2,1-2H3,(H2,23,24)(H2,22,25,28). The van der Waals surface area contributed by atoms with E-state index in [2.05, 4.69) is 15.0 Å². The van der Waals surface area contributed by atoms with Crippen LogP contribution in [0, 0.1) is 12.3 Å². The fourth-order valence-corrected chi connectivity index (χ4v) is 4.93. The number of nitrogens with zero attached hydrogens (tertiary/aromatic N) is 1. The highest BCUT2D eigenvalue weighted by atomic mass is 32.2. The Balaban J connectivity index is 1.92. The molecule has 0 unspecified atom stereocenters. The Labute approximate surface area is 181 Å². The van der Waals surface area contributed by atoms with Crippen LogP contribution in [-0.4, -0.2) is 42.4 Å². The predicted octanol–water partition coefficient (Wildman–Crippen LogP) is 1.95. The van der Waals surface area contributed by atoms with Crippen LogP contribution in [0.2, 0.25) is 0 Å². The molecule has 0 saturated heterocycles. The van der Waals surface area contributed by atoms with Gasteiger partial charge in [0.05, 0.1) is 22.4 Å². The number of anilines is 1. The van der Waals surface area contributed by atoms with Gasteiger partial charge < -0.3 is 16.2 Å². The Kier molecular flexibility index (Phi) is 6.73. The number of sulfonamides is 1. The van der Waals surface area contributed by atoms with E-state index in [-0.39, 0.29) is 34.3 Å². The fourth-order valence-electron chi connectivity index (χ4n) is 3.60. The molecule has 6 N–H and O–H groups in total. The number of aliphatic hydroxyl groups excluding tert-OH is 1. The average molecular weight is 446 g/mol. The monoisotopic (exact) mass is 445 g/mol. The lowest BCUT2D eigenvalue weighted by atomic mass is 9.94. The van der Waals surface area contributed by atoms with Crippen LogP contribution < -0.4 is 15.8 Å². The van der Waals surface area contributed by atoms with Gasteiger partial charge in [0.2, 0.25) is 10.0 Å². The zero-order chi connectivity index (χ0) is 22.8. The van der Waals surface area contributed by atoms with Gasteiger partial charge in [-0.2, -0.15) is 0 Å². The van der Waals surface area contributed by atoms with Crippen LogP contribution in [0.15, 0.2) is 35.4 Å². The van der Waals surface area contributed by atoms with Crippen LogP contribution in [0.1, 0.15) is 48.5 Å². The van der Waals surface area contributed by atoms with E-state index >= 15 is 0 Å². The van der Waals surface area contributed by atoms with E-state index in [0.717, 1.165) is 5.56 Å². The minimum atomic E-state index is -3.76. The van der Waals surface area contributed by atoms with Gasteiger partial charge in [0.25, 0.3) is 5.91 Å². The molecule has 0 bridgehead atoms. The molecule has 1 aliphatic rings. The molecule has 1 aromatic carbocycles. The summed E-state index contributed by atoms with van der Waals surface area (Å²) < 4.78 is 28.6. The summed E-state index contributed by atoms with van der Waals surface area (Å²) in [6, 6.07) is 6.11. The molecule has 1 aromatic heterocycles. The number of rotatable bonds is 5. The van der Waals surface area contributed by atoms with Gasteiger partial charge in [-0.05, 0) is 68.9 Å². The van der Waals surface area contributed by atoms with Gasteiger partial charge in [-0.3, -0.25) is 10.2 Å². The fraction of sp³-hybridized carbons (Fsp3) is 0.381. The van der Waals surface area contributed by atoms with Gasteiger partial charge in [0, 0.05) is 17.8 Å². The van der Waals surface area contributed by atoms with Gasteiger partial charge in [0.15, 0.2) is 0 Å². The van der Waals surface area contributed by atoms with Gasteiger partial charge in [-0.1, -0.05) is 6.07 Å². The van der Waals surface area contributed by atoms with Crippen molar-refractivity contribution in [2.45, 2.75) is 56.6 Å². The van der Waals surface area contributed by atoms with Crippen molar-refractivity contribution in [1.82, 2.24) is 15.0 Å². The SMILES string of the molecule is CC(=N)NC(=O)c1cc(-c2cc(S(=O)(=O)NC3CCC(O)CC3)ccc2C)cnc1N. The van der Waals surface area contributed by atoms with Crippen LogP contribution >= 0.6 is 0 Å². The second kappa shape index (κ2) is 9.13. The predicted molar refractivity (Wildman–Crippen MR) is 118 cm³/mol. The van der Waals surface area contributed by atoms with Crippen LogP contribution in [0.5, 0.6) is 0 Å². The number of amides is 1. The maximum absolute atomic E-state index is 12.9. The summed E-state index contributed by atoms with van der Waals surface area (Å²) in [4.78, 5) is 16.5. The summed E-state index contributed by atoms with van der Waals surface area (Å²) in [6.07, 6.45) is 3.44. The highest BCUT2D eigenvalue weighted by Gasteiger charge is 2.25. The highest BCUT2D eigenvalue weighted by molar-refractivity contribution is 7.89. The summed E-state index contributed by atoms with van der Waals surface area (Å²) >= 11 is 0. The molecule has 31 heavy (non-hydrogen) atoms. The Hall–Kier alpha value is -2.82. The Morgan fingerprint density at radius 3 is 2.55 bits per heavy atom. The number of carbonyl (C=O) groups is 1. The highest BCUT2D eigenvalue weighted by Crippen LogP contribution is 2.29. The van der Waals surface area contributed by atoms with E-state index < -0.39 is 15.9 Å². The van der Waals surface area contributed by atoms with Gasteiger partial charge in [0.1, 0.15) is 5.82 Å². The number of carbonyl (C=O) groups excluding carboxylic acids is 1. The lowest BCUT2D eigenvalue weighted by Gasteiger charge is -2.26. The van der Waals surface area contributed by atoms with E-state index in [9.17, 15) is 18.3 Å². The van der Waals surface area contributed by atoms with Crippen molar-refractivity contribution in [3.63, 3.8) is 0 Å². The maximum atomic E-state index is 12.9. The molecule has 1 aliphatic carbocycles. The zero-order valence-corrected chi connectivity index (χ0v) is 18.3. The van der Waals surface area contributed by atoms with E-state index in [1.54, 1.807) is 12.1 Å². The molecular weight excluding hydrogens is 418 g/mol. The number of nitrogen functional groups attached to an aromatic ring is 1. The first-order valence-electron chi connectivity index (χ1n) is 10.0. The number of aromatic nitrogens is 1. The number of hydrogen-bond acceptors (Lipinski definition) is 7. The van der Waals surface area contributed by atoms with E-state index in [1.165, 1.54) is 25.3 Å². The third-order valence-electron chi connectivity index (χ3n) is 5.31. The van der Waals surface area contributed by atoms with Gasteiger partial charge >= 0.3 is 0 Å². The lowest BCUT2D eigenvalue weighted by molar-refractivity contribution is 0.0977. The number of aliphatic hydroxyl groups is 1. The van der Waals surface area contributed by atoms with E-state index in [0.29, 0.717) is 36.8 Å². The van der Waals surface area contributed by atoms with Crippen LogP contribution in [0.25, 0.3) is 11.1 Å². The van der Waals surface area contributed by atoms with Crippen LogP contribution in [-0.2, 0) is 10.0 Å². The molecule has 10 heteroatoms. The smallest absolute Gasteiger partial charge is 0.260 e. The lowest BCUT2D eigenvalue weighted by Crippen LogP contribution is -2.38. The minimum Gasteiger partial charge on any atom is -0.393 e. The molecule has 2 aromatic rings. The first-order valence-corrected chi connectivity index (χ1v) is 11.5. The number of hydrogen-bond donors (Lipinski definition) is 5. The molecular formula is C21H27N5O4S. The van der Waals surface area contributed by atoms with Crippen LogP contribution in [0.3, 0.4) is 0 Å². The van der Waals surface area contributed by atoms with Crippen molar-refractivity contribution < 1.29 is 18.3 Å². The molecule has 0 aliphatic heterocycles. The normalized spacial score (nSPS) is 19.1. The number of nitrogens with one attached hydrogen (secondary N) is 3. The topological polar surface area (TPSA) is 158 Å². The maximum Gasteiger partial charge on any atom is 0.260 e. The van der Waals surface area contributed by atoms with Crippen molar-refractivity contribution in [3.05, 3.63) is 41.6 Å².